The predicted molar refractivity (Wildman–Crippen MR) is 82.7 cm³/mol. The van der Waals surface area contributed by atoms with E-state index in [2.05, 4.69) is 33.9 Å². The van der Waals surface area contributed by atoms with Crippen molar-refractivity contribution in [2.75, 3.05) is 11.4 Å². The van der Waals surface area contributed by atoms with E-state index in [1.165, 1.54) is 24.0 Å². The van der Waals surface area contributed by atoms with Crippen LogP contribution in [0.5, 0.6) is 0 Å². The van der Waals surface area contributed by atoms with Crippen LogP contribution in [0.15, 0.2) is 54.9 Å². The molecule has 21 heavy (non-hydrogen) atoms. The molecule has 0 atom stereocenters. The van der Waals surface area contributed by atoms with Crippen molar-refractivity contribution in [3.05, 3.63) is 66.2 Å². The average Bonchev–Trinajstić information content (AvgIpc) is 2.53. The normalized spacial score (nSPS) is 10.8. The number of benzene rings is 2. The van der Waals surface area contributed by atoms with Crippen LogP contribution in [0.25, 0.3) is 10.9 Å². The van der Waals surface area contributed by atoms with Gasteiger partial charge in [-0.25, -0.2) is 14.4 Å². The van der Waals surface area contributed by atoms with E-state index >= 15 is 0 Å². The summed E-state index contributed by atoms with van der Waals surface area (Å²) in [6.45, 7) is 3.59. The quantitative estimate of drug-likeness (QED) is 0.728. The fourth-order valence-electron chi connectivity index (χ4n) is 2.41. The smallest absolute Gasteiger partial charge is 0.140 e. The molecule has 106 valence electrons. The van der Waals surface area contributed by atoms with Gasteiger partial charge in [-0.2, -0.15) is 0 Å². The van der Waals surface area contributed by atoms with Gasteiger partial charge in [0, 0.05) is 18.5 Å². The summed E-state index contributed by atoms with van der Waals surface area (Å²) in [4.78, 5) is 10.7. The first-order valence-corrected chi connectivity index (χ1v) is 6.97. The minimum Gasteiger partial charge on any atom is -0.352 e. The number of anilines is 1. The Morgan fingerprint density at radius 2 is 1.86 bits per heavy atom. The highest BCUT2D eigenvalue weighted by molar-refractivity contribution is 5.89. The molecule has 0 aliphatic carbocycles. The van der Waals surface area contributed by atoms with Crippen LogP contribution in [0.3, 0.4) is 0 Å². The van der Waals surface area contributed by atoms with Crippen LogP contribution in [0.4, 0.5) is 10.2 Å². The van der Waals surface area contributed by atoms with Crippen molar-refractivity contribution < 1.29 is 4.39 Å². The molecule has 0 unspecified atom stereocenters. The first kappa shape index (κ1) is 13.5. The van der Waals surface area contributed by atoms with Crippen LogP contribution in [0.2, 0.25) is 0 Å². The molecule has 0 saturated heterocycles. The summed E-state index contributed by atoms with van der Waals surface area (Å²) in [5, 5.41) is 0.746. The lowest BCUT2D eigenvalue weighted by molar-refractivity contribution is 0.629. The van der Waals surface area contributed by atoms with E-state index in [0.717, 1.165) is 29.8 Å². The summed E-state index contributed by atoms with van der Waals surface area (Å²) >= 11 is 0. The summed E-state index contributed by atoms with van der Waals surface area (Å²) in [5.41, 5.74) is 1.95. The zero-order chi connectivity index (χ0) is 14.7. The van der Waals surface area contributed by atoms with Crippen LogP contribution in [0.1, 0.15) is 12.5 Å². The van der Waals surface area contributed by atoms with E-state index in [1.54, 1.807) is 6.07 Å². The molecule has 0 saturated carbocycles. The molecule has 0 bridgehead atoms. The number of nitrogens with zero attached hydrogens (tertiary/aromatic N) is 3. The molecule has 3 aromatic rings. The van der Waals surface area contributed by atoms with Crippen LogP contribution >= 0.6 is 0 Å². The molecule has 0 aliphatic rings. The molecule has 1 aromatic heterocycles. The Kier molecular flexibility index (Phi) is 3.77. The number of fused-ring (bicyclic) bond motifs is 1. The molecule has 2 aromatic carbocycles. The Bertz CT molecular complexity index is 743. The van der Waals surface area contributed by atoms with E-state index < -0.39 is 0 Å². The lowest BCUT2D eigenvalue weighted by Gasteiger charge is -2.23. The largest absolute Gasteiger partial charge is 0.352 e. The van der Waals surface area contributed by atoms with Crippen molar-refractivity contribution in [1.29, 1.82) is 0 Å². The standard InChI is InChI=1S/C17H16FN3/c1-2-21(11-13-6-4-3-5-7-13)17-15-10-14(18)8-9-16(15)19-12-20-17/h3-10,12H,2,11H2,1H3. The second-order valence-electron chi connectivity index (χ2n) is 4.86. The monoisotopic (exact) mass is 281 g/mol. The number of halogens is 1. The van der Waals surface area contributed by atoms with Crippen molar-refractivity contribution in [3.63, 3.8) is 0 Å². The minimum absolute atomic E-state index is 0.269. The molecule has 0 amide bonds. The van der Waals surface area contributed by atoms with Crippen LogP contribution in [-0.2, 0) is 6.54 Å². The molecular formula is C17H16FN3. The molecule has 0 N–H and O–H groups in total. The van der Waals surface area contributed by atoms with Gasteiger partial charge >= 0.3 is 0 Å². The van der Waals surface area contributed by atoms with Crippen molar-refractivity contribution in [2.45, 2.75) is 13.5 Å². The lowest BCUT2D eigenvalue weighted by atomic mass is 10.2. The van der Waals surface area contributed by atoms with Crippen molar-refractivity contribution in [2.24, 2.45) is 0 Å². The fraction of sp³-hybridized carbons (Fsp3) is 0.176. The van der Waals surface area contributed by atoms with E-state index in [1.807, 2.05) is 18.2 Å². The maximum absolute atomic E-state index is 13.5. The molecular weight excluding hydrogens is 265 g/mol. The van der Waals surface area contributed by atoms with E-state index in [9.17, 15) is 4.39 Å². The number of aromatic nitrogens is 2. The van der Waals surface area contributed by atoms with Gasteiger partial charge < -0.3 is 4.90 Å². The highest BCUT2D eigenvalue weighted by atomic mass is 19.1. The highest BCUT2D eigenvalue weighted by Crippen LogP contribution is 2.24. The van der Waals surface area contributed by atoms with Crippen LogP contribution < -0.4 is 4.90 Å². The molecule has 4 heteroatoms. The summed E-state index contributed by atoms with van der Waals surface area (Å²) in [5.74, 6) is 0.500. The first-order chi connectivity index (χ1) is 10.3. The molecule has 3 rings (SSSR count). The molecule has 0 spiro atoms. The third-order valence-corrected chi connectivity index (χ3v) is 3.47. The second-order valence-corrected chi connectivity index (χ2v) is 4.86. The third kappa shape index (κ3) is 2.84. The molecule has 0 radical (unpaired) electrons. The fourth-order valence-corrected chi connectivity index (χ4v) is 2.41. The highest BCUT2D eigenvalue weighted by Gasteiger charge is 2.12. The molecule has 3 nitrogen and oxygen atoms in total. The summed E-state index contributed by atoms with van der Waals surface area (Å²) in [6.07, 6.45) is 1.53. The first-order valence-electron chi connectivity index (χ1n) is 6.97. The summed E-state index contributed by atoms with van der Waals surface area (Å²) in [7, 11) is 0. The molecule has 0 fully saturated rings. The third-order valence-electron chi connectivity index (χ3n) is 3.47. The SMILES string of the molecule is CCN(Cc1ccccc1)c1ncnc2ccc(F)cc12. The van der Waals surface area contributed by atoms with Crippen molar-refractivity contribution in [1.82, 2.24) is 9.97 Å². The van der Waals surface area contributed by atoms with Gasteiger partial charge in [0.1, 0.15) is 18.0 Å². The topological polar surface area (TPSA) is 29.0 Å². The minimum atomic E-state index is -0.269. The van der Waals surface area contributed by atoms with Gasteiger partial charge in [0.25, 0.3) is 0 Å². The summed E-state index contributed by atoms with van der Waals surface area (Å²) < 4.78 is 13.5. The predicted octanol–water partition coefficient (Wildman–Crippen LogP) is 3.80. The maximum Gasteiger partial charge on any atom is 0.140 e. The maximum atomic E-state index is 13.5. The van der Waals surface area contributed by atoms with Gasteiger partial charge in [-0.3, -0.25) is 0 Å². The Labute approximate surface area is 123 Å². The van der Waals surface area contributed by atoms with Crippen molar-refractivity contribution >= 4 is 16.7 Å². The zero-order valence-electron chi connectivity index (χ0n) is 11.8. The molecule has 0 aliphatic heterocycles. The summed E-state index contributed by atoms with van der Waals surface area (Å²) in [6, 6.07) is 14.8. The van der Waals surface area contributed by atoms with Gasteiger partial charge in [-0.1, -0.05) is 30.3 Å². The van der Waals surface area contributed by atoms with E-state index in [0.29, 0.717) is 0 Å². The van der Waals surface area contributed by atoms with Crippen molar-refractivity contribution in [3.8, 4) is 0 Å². The Morgan fingerprint density at radius 1 is 1.05 bits per heavy atom. The Hall–Kier alpha value is -2.49. The number of hydrogen-bond donors (Lipinski definition) is 0. The van der Waals surface area contributed by atoms with Crippen LogP contribution in [0, 0.1) is 5.82 Å². The van der Waals surface area contributed by atoms with E-state index in [4.69, 9.17) is 0 Å². The van der Waals surface area contributed by atoms with Gasteiger partial charge in [0.15, 0.2) is 0 Å². The Balaban J connectivity index is 2.02. The molecule has 1 heterocycles. The number of hydrogen-bond acceptors (Lipinski definition) is 3. The average molecular weight is 281 g/mol. The Morgan fingerprint density at radius 3 is 2.62 bits per heavy atom. The van der Waals surface area contributed by atoms with Gasteiger partial charge in [-0.15, -0.1) is 0 Å². The van der Waals surface area contributed by atoms with Gasteiger partial charge in [0.2, 0.25) is 0 Å². The zero-order valence-corrected chi connectivity index (χ0v) is 11.8. The second kappa shape index (κ2) is 5.87. The van der Waals surface area contributed by atoms with Crippen LogP contribution in [-0.4, -0.2) is 16.5 Å². The number of rotatable bonds is 4. The van der Waals surface area contributed by atoms with E-state index in [-0.39, 0.29) is 5.82 Å². The van der Waals surface area contributed by atoms with Gasteiger partial charge in [0.05, 0.1) is 5.52 Å². The van der Waals surface area contributed by atoms with Gasteiger partial charge in [-0.05, 0) is 30.7 Å². The lowest BCUT2D eigenvalue weighted by Crippen LogP contribution is -2.23.